The van der Waals surface area contributed by atoms with Crippen LogP contribution in [0.2, 0.25) is 0 Å². The Bertz CT molecular complexity index is 494. The van der Waals surface area contributed by atoms with Crippen LogP contribution in [0.3, 0.4) is 0 Å². The third-order valence-electron chi connectivity index (χ3n) is 4.07. The highest BCUT2D eigenvalue weighted by Gasteiger charge is 2.37. The minimum Gasteiger partial charge on any atom is -0.337 e. The van der Waals surface area contributed by atoms with Crippen molar-refractivity contribution in [2.45, 2.75) is 18.9 Å². The van der Waals surface area contributed by atoms with Crippen LogP contribution < -0.4 is 5.32 Å². The standard InChI is InChI=1S/C14H16BrFN2O/c15-13-10(4-1-5-11(13)16)14(19)18-7-9-3-2-6-17-12(9)8-18/h1,4-5,9,12,17H,2-3,6-8H2/t9-,12+/m0/s1. The number of nitrogens with one attached hydrogen (secondary N) is 1. The number of fused-ring (bicyclic) bond motifs is 1. The summed E-state index contributed by atoms with van der Waals surface area (Å²) in [6.07, 6.45) is 2.35. The fraction of sp³-hybridized carbons (Fsp3) is 0.500. The average molecular weight is 327 g/mol. The van der Waals surface area contributed by atoms with Crippen LogP contribution in [-0.4, -0.2) is 36.5 Å². The van der Waals surface area contributed by atoms with Crippen LogP contribution in [0.5, 0.6) is 0 Å². The van der Waals surface area contributed by atoms with E-state index in [-0.39, 0.29) is 16.2 Å². The van der Waals surface area contributed by atoms with E-state index in [0.717, 1.165) is 19.6 Å². The first kappa shape index (κ1) is 13.1. The first-order chi connectivity index (χ1) is 9.16. The first-order valence-electron chi connectivity index (χ1n) is 6.63. The van der Waals surface area contributed by atoms with Gasteiger partial charge in [0.05, 0.1) is 10.0 Å². The number of amides is 1. The molecule has 3 rings (SSSR count). The van der Waals surface area contributed by atoms with E-state index in [0.29, 0.717) is 17.5 Å². The number of carbonyl (C=O) groups excluding carboxylic acids is 1. The van der Waals surface area contributed by atoms with E-state index in [9.17, 15) is 9.18 Å². The van der Waals surface area contributed by atoms with Gasteiger partial charge in [0.25, 0.3) is 5.91 Å². The molecule has 3 nitrogen and oxygen atoms in total. The molecule has 5 heteroatoms. The van der Waals surface area contributed by atoms with Crippen LogP contribution in [-0.2, 0) is 0 Å². The molecule has 2 aliphatic heterocycles. The fourth-order valence-corrected chi connectivity index (χ4v) is 3.49. The molecule has 19 heavy (non-hydrogen) atoms. The molecule has 0 aliphatic carbocycles. The fourth-order valence-electron chi connectivity index (χ4n) is 3.05. The van der Waals surface area contributed by atoms with Crippen LogP contribution in [0.25, 0.3) is 0 Å². The topological polar surface area (TPSA) is 32.3 Å². The van der Waals surface area contributed by atoms with Gasteiger partial charge in [-0.2, -0.15) is 0 Å². The number of piperidine rings is 1. The summed E-state index contributed by atoms with van der Waals surface area (Å²) in [5.41, 5.74) is 0.415. The summed E-state index contributed by atoms with van der Waals surface area (Å²) in [5, 5.41) is 3.46. The predicted octanol–water partition coefficient (Wildman–Crippen LogP) is 2.41. The van der Waals surface area contributed by atoms with Crippen molar-refractivity contribution in [1.82, 2.24) is 10.2 Å². The molecule has 0 spiro atoms. The number of nitrogens with zero attached hydrogens (tertiary/aromatic N) is 1. The Morgan fingerprint density at radius 1 is 1.42 bits per heavy atom. The highest BCUT2D eigenvalue weighted by atomic mass is 79.9. The van der Waals surface area contributed by atoms with Crippen molar-refractivity contribution < 1.29 is 9.18 Å². The van der Waals surface area contributed by atoms with E-state index >= 15 is 0 Å². The Balaban J connectivity index is 1.79. The molecule has 0 aromatic heterocycles. The van der Waals surface area contributed by atoms with Crippen molar-refractivity contribution in [3.05, 3.63) is 34.1 Å². The minimum absolute atomic E-state index is 0.0809. The second-order valence-corrected chi connectivity index (χ2v) is 6.07. The van der Waals surface area contributed by atoms with Gasteiger partial charge in [-0.25, -0.2) is 4.39 Å². The maximum absolute atomic E-state index is 13.5. The van der Waals surface area contributed by atoms with Gasteiger partial charge in [-0.1, -0.05) is 6.07 Å². The zero-order chi connectivity index (χ0) is 13.4. The molecule has 2 saturated heterocycles. The zero-order valence-corrected chi connectivity index (χ0v) is 12.1. The molecule has 2 aliphatic rings. The van der Waals surface area contributed by atoms with Gasteiger partial charge >= 0.3 is 0 Å². The van der Waals surface area contributed by atoms with Crippen LogP contribution in [0.4, 0.5) is 4.39 Å². The Hall–Kier alpha value is -0.940. The van der Waals surface area contributed by atoms with Crippen LogP contribution in [0.1, 0.15) is 23.2 Å². The number of hydrogen-bond acceptors (Lipinski definition) is 2. The first-order valence-corrected chi connectivity index (χ1v) is 7.43. The van der Waals surface area contributed by atoms with Gasteiger partial charge in [0.1, 0.15) is 5.82 Å². The molecule has 2 atom stereocenters. The van der Waals surface area contributed by atoms with Crippen molar-refractivity contribution in [2.75, 3.05) is 19.6 Å². The summed E-state index contributed by atoms with van der Waals surface area (Å²) >= 11 is 3.17. The van der Waals surface area contributed by atoms with E-state index < -0.39 is 0 Å². The predicted molar refractivity (Wildman–Crippen MR) is 74.5 cm³/mol. The largest absolute Gasteiger partial charge is 0.337 e. The van der Waals surface area contributed by atoms with Crippen molar-refractivity contribution in [3.63, 3.8) is 0 Å². The lowest BCUT2D eigenvalue weighted by Crippen LogP contribution is -2.41. The highest BCUT2D eigenvalue weighted by Crippen LogP contribution is 2.28. The molecular weight excluding hydrogens is 311 g/mol. The Morgan fingerprint density at radius 3 is 3.05 bits per heavy atom. The number of hydrogen-bond donors (Lipinski definition) is 1. The molecule has 0 radical (unpaired) electrons. The summed E-state index contributed by atoms with van der Waals surface area (Å²) in [6, 6.07) is 5.01. The van der Waals surface area contributed by atoms with Gasteiger partial charge in [0.2, 0.25) is 0 Å². The summed E-state index contributed by atoms with van der Waals surface area (Å²) in [7, 11) is 0. The Morgan fingerprint density at radius 2 is 2.26 bits per heavy atom. The molecule has 1 amide bonds. The van der Waals surface area contributed by atoms with Gasteiger partial charge in [0.15, 0.2) is 0 Å². The molecule has 1 N–H and O–H groups in total. The van der Waals surface area contributed by atoms with Crippen LogP contribution >= 0.6 is 15.9 Å². The summed E-state index contributed by atoms with van der Waals surface area (Å²) in [4.78, 5) is 14.3. The third-order valence-corrected chi connectivity index (χ3v) is 4.87. The van der Waals surface area contributed by atoms with Crippen molar-refractivity contribution >= 4 is 21.8 Å². The molecule has 2 heterocycles. The summed E-state index contributed by atoms with van der Waals surface area (Å²) in [5.74, 6) is 0.0770. The number of carbonyl (C=O) groups is 1. The van der Waals surface area contributed by atoms with Gasteiger partial charge < -0.3 is 10.2 Å². The van der Waals surface area contributed by atoms with E-state index in [1.165, 1.54) is 18.9 Å². The van der Waals surface area contributed by atoms with Gasteiger partial charge in [0, 0.05) is 19.1 Å². The monoisotopic (exact) mass is 326 g/mol. The highest BCUT2D eigenvalue weighted by molar-refractivity contribution is 9.10. The van der Waals surface area contributed by atoms with Crippen molar-refractivity contribution in [2.24, 2.45) is 5.92 Å². The van der Waals surface area contributed by atoms with Crippen molar-refractivity contribution in [1.29, 1.82) is 0 Å². The second-order valence-electron chi connectivity index (χ2n) is 5.27. The van der Waals surface area contributed by atoms with Gasteiger partial charge in [-0.3, -0.25) is 4.79 Å². The van der Waals surface area contributed by atoms with E-state index in [1.807, 2.05) is 4.90 Å². The zero-order valence-electron chi connectivity index (χ0n) is 10.5. The third kappa shape index (κ3) is 2.41. The number of likely N-dealkylation sites (tertiary alicyclic amines) is 1. The SMILES string of the molecule is O=C(c1cccc(F)c1Br)N1C[C@@H]2CCCN[C@@H]2C1. The Kier molecular flexibility index (Phi) is 3.58. The maximum Gasteiger partial charge on any atom is 0.255 e. The van der Waals surface area contributed by atoms with Crippen LogP contribution in [0, 0.1) is 11.7 Å². The average Bonchev–Trinajstić information content (AvgIpc) is 2.85. The second kappa shape index (κ2) is 5.21. The van der Waals surface area contributed by atoms with Crippen LogP contribution in [0.15, 0.2) is 22.7 Å². The van der Waals surface area contributed by atoms with E-state index in [2.05, 4.69) is 21.2 Å². The summed E-state index contributed by atoms with van der Waals surface area (Å²) < 4.78 is 13.8. The number of rotatable bonds is 1. The smallest absolute Gasteiger partial charge is 0.255 e. The molecular formula is C14H16BrFN2O. The van der Waals surface area contributed by atoms with Gasteiger partial charge in [-0.15, -0.1) is 0 Å². The molecule has 102 valence electrons. The minimum atomic E-state index is -0.388. The lowest BCUT2D eigenvalue weighted by molar-refractivity contribution is 0.0784. The quantitative estimate of drug-likeness (QED) is 0.859. The molecule has 1 aromatic carbocycles. The maximum atomic E-state index is 13.5. The lowest BCUT2D eigenvalue weighted by atomic mass is 9.94. The lowest BCUT2D eigenvalue weighted by Gasteiger charge is -2.24. The van der Waals surface area contributed by atoms with E-state index in [4.69, 9.17) is 0 Å². The molecule has 2 fully saturated rings. The number of benzene rings is 1. The van der Waals surface area contributed by atoms with Gasteiger partial charge in [-0.05, 0) is 53.4 Å². The summed E-state index contributed by atoms with van der Waals surface area (Å²) in [6.45, 7) is 2.54. The van der Waals surface area contributed by atoms with E-state index in [1.54, 1.807) is 12.1 Å². The molecule has 1 aromatic rings. The molecule has 0 bridgehead atoms. The van der Waals surface area contributed by atoms with Crippen molar-refractivity contribution in [3.8, 4) is 0 Å². The number of halogens is 2. The Labute approximate surface area is 120 Å². The molecule has 0 unspecified atom stereocenters. The normalized spacial score (nSPS) is 26.3. The molecule has 0 saturated carbocycles.